The predicted molar refractivity (Wildman–Crippen MR) is 94.2 cm³/mol. The molecule has 2 aromatic rings. The third-order valence-corrected chi connectivity index (χ3v) is 4.22. The van der Waals surface area contributed by atoms with Gasteiger partial charge in [-0.3, -0.25) is 10.1 Å². The Morgan fingerprint density at radius 1 is 1.29 bits per heavy atom. The van der Waals surface area contributed by atoms with Crippen molar-refractivity contribution in [2.24, 2.45) is 0 Å². The first-order valence-corrected chi connectivity index (χ1v) is 8.57. The fraction of sp³-hybridized carbons (Fsp3) is 0.353. The second-order valence-corrected chi connectivity index (χ2v) is 6.28. The number of hydrogen-bond donors (Lipinski definition) is 2. The smallest absolute Gasteiger partial charge is 0.321 e. The summed E-state index contributed by atoms with van der Waals surface area (Å²) in [4.78, 5) is 27.3. The lowest BCUT2D eigenvalue weighted by Gasteiger charge is -2.13. The van der Waals surface area contributed by atoms with Gasteiger partial charge in [0.05, 0.1) is 19.2 Å². The molecule has 1 atom stereocenters. The van der Waals surface area contributed by atoms with Crippen molar-refractivity contribution in [2.75, 3.05) is 12.4 Å². The van der Waals surface area contributed by atoms with Crippen LogP contribution in [0.25, 0.3) is 0 Å². The number of methoxy groups -OCH3 is 1. The third kappa shape index (κ3) is 6.00. The van der Waals surface area contributed by atoms with Crippen molar-refractivity contribution in [3.05, 3.63) is 47.0 Å². The summed E-state index contributed by atoms with van der Waals surface area (Å²) in [7, 11) is 1.33. The molecule has 7 heteroatoms. The number of anilines is 1. The highest BCUT2D eigenvalue weighted by atomic mass is 32.1. The van der Waals surface area contributed by atoms with Crippen LogP contribution in [0.2, 0.25) is 0 Å². The van der Waals surface area contributed by atoms with Gasteiger partial charge < -0.3 is 10.1 Å². The predicted octanol–water partition coefficient (Wildman–Crippen LogP) is 3.00. The van der Waals surface area contributed by atoms with Gasteiger partial charge in [-0.05, 0) is 25.3 Å². The largest absolute Gasteiger partial charge is 0.469 e. The number of aromatic nitrogens is 1. The van der Waals surface area contributed by atoms with E-state index in [4.69, 9.17) is 0 Å². The molecule has 0 aliphatic heterocycles. The molecular weight excluding hydrogens is 326 g/mol. The average Bonchev–Trinajstić information content (AvgIpc) is 3.00. The molecule has 0 saturated carbocycles. The number of thiazole rings is 1. The number of amides is 2. The van der Waals surface area contributed by atoms with Crippen LogP contribution in [0, 0.1) is 0 Å². The number of esters is 1. The van der Waals surface area contributed by atoms with Crippen molar-refractivity contribution in [3.8, 4) is 0 Å². The Hall–Kier alpha value is -2.41. The lowest BCUT2D eigenvalue weighted by atomic mass is 10.1. The monoisotopic (exact) mass is 347 g/mol. The number of ether oxygens (including phenoxy) is 1. The SMILES string of the molecule is COC(=O)Cc1csc(NC(=O)N[C@@H](C)CCc2ccccc2)n1. The maximum atomic E-state index is 12.0. The highest BCUT2D eigenvalue weighted by Crippen LogP contribution is 2.16. The second kappa shape index (κ2) is 9.02. The molecule has 2 amide bonds. The van der Waals surface area contributed by atoms with Gasteiger partial charge in [0.1, 0.15) is 0 Å². The van der Waals surface area contributed by atoms with Crippen molar-refractivity contribution < 1.29 is 14.3 Å². The molecule has 128 valence electrons. The molecule has 2 rings (SSSR count). The first-order valence-electron chi connectivity index (χ1n) is 7.69. The molecule has 0 bridgehead atoms. The minimum Gasteiger partial charge on any atom is -0.469 e. The number of benzene rings is 1. The van der Waals surface area contributed by atoms with E-state index in [1.807, 2.05) is 25.1 Å². The number of nitrogens with zero attached hydrogens (tertiary/aromatic N) is 1. The molecule has 0 unspecified atom stereocenters. The van der Waals surface area contributed by atoms with Gasteiger partial charge in [0.2, 0.25) is 0 Å². The van der Waals surface area contributed by atoms with Crippen molar-refractivity contribution in [2.45, 2.75) is 32.2 Å². The maximum absolute atomic E-state index is 12.0. The molecule has 24 heavy (non-hydrogen) atoms. The molecule has 1 aromatic heterocycles. The molecular formula is C17H21N3O3S. The minimum atomic E-state index is -0.356. The summed E-state index contributed by atoms with van der Waals surface area (Å²) in [6.07, 6.45) is 1.86. The highest BCUT2D eigenvalue weighted by molar-refractivity contribution is 7.13. The topological polar surface area (TPSA) is 80.3 Å². The molecule has 1 heterocycles. The lowest BCUT2D eigenvalue weighted by Crippen LogP contribution is -2.36. The zero-order valence-corrected chi connectivity index (χ0v) is 14.6. The van der Waals surface area contributed by atoms with Crippen molar-refractivity contribution in [3.63, 3.8) is 0 Å². The lowest BCUT2D eigenvalue weighted by molar-refractivity contribution is -0.139. The van der Waals surface area contributed by atoms with Crippen LogP contribution >= 0.6 is 11.3 Å². The first kappa shape index (κ1) is 17.9. The van der Waals surface area contributed by atoms with Crippen molar-refractivity contribution >= 4 is 28.5 Å². The number of hydrogen-bond acceptors (Lipinski definition) is 5. The minimum absolute atomic E-state index is 0.0414. The van der Waals surface area contributed by atoms with Gasteiger partial charge in [-0.15, -0.1) is 11.3 Å². The maximum Gasteiger partial charge on any atom is 0.321 e. The summed E-state index contributed by atoms with van der Waals surface area (Å²) < 4.78 is 4.59. The summed E-state index contributed by atoms with van der Waals surface area (Å²) in [5.74, 6) is -0.356. The molecule has 0 saturated heterocycles. The Kier molecular flexibility index (Phi) is 6.74. The van der Waals surface area contributed by atoms with Gasteiger partial charge in [0.15, 0.2) is 5.13 Å². The summed E-state index contributed by atoms with van der Waals surface area (Å²) in [6.45, 7) is 1.97. The van der Waals surface area contributed by atoms with E-state index in [9.17, 15) is 9.59 Å². The molecule has 0 spiro atoms. The van der Waals surface area contributed by atoms with E-state index >= 15 is 0 Å². The third-order valence-electron chi connectivity index (χ3n) is 3.41. The quantitative estimate of drug-likeness (QED) is 0.755. The van der Waals surface area contributed by atoms with Crippen molar-refractivity contribution in [1.82, 2.24) is 10.3 Å². The molecule has 0 radical (unpaired) electrons. The molecule has 1 aromatic carbocycles. The fourth-order valence-corrected chi connectivity index (χ4v) is 2.83. The number of urea groups is 1. The van der Waals surface area contributed by atoms with Crippen LogP contribution in [0.15, 0.2) is 35.7 Å². The molecule has 0 aliphatic carbocycles. The van der Waals surface area contributed by atoms with Crippen molar-refractivity contribution in [1.29, 1.82) is 0 Å². The molecule has 0 aliphatic rings. The van der Waals surface area contributed by atoms with E-state index < -0.39 is 0 Å². The summed E-state index contributed by atoms with van der Waals surface area (Å²) >= 11 is 1.28. The van der Waals surface area contributed by atoms with Gasteiger partial charge in [-0.1, -0.05) is 30.3 Å². The number of aryl methyl sites for hydroxylation is 1. The molecule has 0 fully saturated rings. The van der Waals surface area contributed by atoms with Gasteiger partial charge in [-0.25, -0.2) is 9.78 Å². The van der Waals surface area contributed by atoms with E-state index in [1.165, 1.54) is 24.0 Å². The Bertz CT molecular complexity index is 673. The van der Waals surface area contributed by atoms with Crippen LogP contribution in [0.3, 0.4) is 0 Å². The molecule has 2 N–H and O–H groups in total. The fourth-order valence-electron chi connectivity index (χ4n) is 2.12. The summed E-state index contributed by atoms with van der Waals surface area (Å²) in [5.41, 5.74) is 1.83. The number of carbonyl (C=O) groups excluding carboxylic acids is 2. The van der Waals surface area contributed by atoms with Crippen LogP contribution in [-0.4, -0.2) is 30.1 Å². The van der Waals surface area contributed by atoms with Crippen LogP contribution in [0.5, 0.6) is 0 Å². The van der Waals surface area contributed by atoms with E-state index in [0.717, 1.165) is 12.8 Å². The van der Waals surface area contributed by atoms with Gasteiger partial charge in [-0.2, -0.15) is 0 Å². The van der Waals surface area contributed by atoms with Crippen LogP contribution in [0.4, 0.5) is 9.93 Å². The Labute approximate surface area is 145 Å². The number of carbonyl (C=O) groups is 2. The number of rotatable bonds is 7. The van der Waals surface area contributed by atoms with E-state index in [2.05, 4.69) is 32.5 Å². The first-order chi connectivity index (χ1) is 11.6. The highest BCUT2D eigenvalue weighted by Gasteiger charge is 2.11. The van der Waals surface area contributed by atoms with Crippen LogP contribution in [0.1, 0.15) is 24.6 Å². The summed E-state index contributed by atoms with van der Waals surface area (Å²) in [6, 6.07) is 9.90. The second-order valence-electron chi connectivity index (χ2n) is 5.42. The zero-order chi connectivity index (χ0) is 17.4. The normalized spacial score (nSPS) is 11.6. The molecule has 6 nitrogen and oxygen atoms in total. The van der Waals surface area contributed by atoms with Crippen LogP contribution < -0.4 is 10.6 Å². The Morgan fingerprint density at radius 2 is 2.04 bits per heavy atom. The zero-order valence-electron chi connectivity index (χ0n) is 13.7. The van der Waals surface area contributed by atoms with Crippen LogP contribution in [-0.2, 0) is 22.4 Å². The van der Waals surface area contributed by atoms with E-state index in [0.29, 0.717) is 10.8 Å². The van der Waals surface area contributed by atoms with E-state index in [1.54, 1.807) is 5.38 Å². The van der Waals surface area contributed by atoms with Gasteiger partial charge in [0, 0.05) is 11.4 Å². The summed E-state index contributed by atoms with van der Waals surface area (Å²) in [5, 5.41) is 7.76. The van der Waals surface area contributed by atoms with E-state index in [-0.39, 0.29) is 24.5 Å². The Balaban J connectivity index is 1.75. The standard InChI is InChI=1S/C17H21N3O3S/c1-12(8-9-13-6-4-3-5-7-13)18-16(22)20-17-19-14(11-24-17)10-15(21)23-2/h3-7,11-12H,8-10H2,1-2H3,(H2,18,19,20,22)/t12-/m0/s1. The van der Waals surface area contributed by atoms with Gasteiger partial charge >= 0.3 is 12.0 Å². The average molecular weight is 347 g/mol. The Morgan fingerprint density at radius 3 is 2.75 bits per heavy atom. The number of nitrogens with one attached hydrogen (secondary N) is 2. The van der Waals surface area contributed by atoms with Gasteiger partial charge in [0.25, 0.3) is 0 Å².